The van der Waals surface area contributed by atoms with Crippen molar-refractivity contribution in [1.82, 2.24) is 0 Å². The zero-order valence-corrected chi connectivity index (χ0v) is 9.13. The van der Waals surface area contributed by atoms with Gasteiger partial charge in [0.05, 0.1) is 6.61 Å². The van der Waals surface area contributed by atoms with Crippen LogP contribution in [0, 0.1) is 0 Å². The minimum Gasteiger partial charge on any atom is -0.487 e. The Morgan fingerprint density at radius 2 is 2.14 bits per heavy atom. The molecule has 1 aliphatic rings. The highest BCUT2D eigenvalue weighted by Gasteiger charge is 2.32. The van der Waals surface area contributed by atoms with Gasteiger partial charge in [0.1, 0.15) is 5.76 Å². The summed E-state index contributed by atoms with van der Waals surface area (Å²) < 4.78 is 10.8. The Bertz CT molecular complexity index is 243. The van der Waals surface area contributed by atoms with Crippen molar-refractivity contribution in [3.63, 3.8) is 0 Å². The van der Waals surface area contributed by atoms with E-state index in [4.69, 9.17) is 9.47 Å². The molecular formula is C11H18O3. The lowest BCUT2D eigenvalue weighted by Crippen LogP contribution is -2.15. The second-order valence-corrected chi connectivity index (χ2v) is 3.43. The van der Waals surface area contributed by atoms with Crippen LogP contribution in [0.3, 0.4) is 0 Å². The summed E-state index contributed by atoms with van der Waals surface area (Å²) >= 11 is 0. The first-order chi connectivity index (χ1) is 6.70. The second kappa shape index (κ2) is 5.03. The highest BCUT2D eigenvalue weighted by atomic mass is 16.5. The lowest BCUT2D eigenvalue weighted by atomic mass is 10.2. The highest BCUT2D eigenvalue weighted by molar-refractivity contribution is 5.99. The molecule has 3 heteroatoms. The Kier molecular flexibility index (Phi) is 3.98. The topological polar surface area (TPSA) is 35.5 Å². The Balaban J connectivity index is 2.57. The largest absolute Gasteiger partial charge is 0.487 e. The van der Waals surface area contributed by atoms with E-state index >= 15 is 0 Å². The molecule has 14 heavy (non-hydrogen) atoms. The molecule has 0 fully saturated rings. The van der Waals surface area contributed by atoms with E-state index in [0.717, 1.165) is 19.3 Å². The lowest BCUT2D eigenvalue weighted by Gasteiger charge is -2.04. The van der Waals surface area contributed by atoms with E-state index in [2.05, 4.69) is 6.92 Å². The number of carbonyl (C=O) groups is 1. The molecule has 0 spiro atoms. The van der Waals surface area contributed by atoms with Crippen molar-refractivity contribution in [1.29, 1.82) is 0 Å². The summed E-state index contributed by atoms with van der Waals surface area (Å²) in [4.78, 5) is 11.6. The SMILES string of the molecule is CCCCOC1=C(CC)OC(C)C1=O. The number of Topliss-reactive ketones (excluding diaryl/α,β-unsaturated/α-hetero) is 1. The van der Waals surface area contributed by atoms with Crippen molar-refractivity contribution in [3.8, 4) is 0 Å². The van der Waals surface area contributed by atoms with Gasteiger partial charge in [-0.05, 0) is 13.3 Å². The molecule has 1 heterocycles. The van der Waals surface area contributed by atoms with Crippen molar-refractivity contribution in [3.05, 3.63) is 11.5 Å². The molecule has 0 aromatic carbocycles. The van der Waals surface area contributed by atoms with Gasteiger partial charge >= 0.3 is 0 Å². The molecule has 1 aliphatic heterocycles. The quantitative estimate of drug-likeness (QED) is 0.636. The fraction of sp³-hybridized carbons (Fsp3) is 0.727. The highest BCUT2D eigenvalue weighted by Crippen LogP contribution is 2.24. The number of hydrogen-bond acceptors (Lipinski definition) is 3. The van der Waals surface area contributed by atoms with Crippen LogP contribution in [-0.2, 0) is 14.3 Å². The fourth-order valence-corrected chi connectivity index (χ4v) is 1.36. The monoisotopic (exact) mass is 198 g/mol. The molecule has 0 saturated heterocycles. The van der Waals surface area contributed by atoms with Crippen LogP contribution in [0.1, 0.15) is 40.0 Å². The van der Waals surface area contributed by atoms with E-state index < -0.39 is 0 Å². The minimum atomic E-state index is -0.360. The molecular weight excluding hydrogens is 180 g/mol. The Labute approximate surface area is 85.1 Å². The summed E-state index contributed by atoms with van der Waals surface area (Å²) in [6.45, 7) is 6.42. The molecule has 1 unspecified atom stereocenters. The molecule has 1 atom stereocenters. The predicted molar refractivity (Wildman–Crippen MR) is 53.7 cm³/mol. The fourth-order valence-electron chi connectivity index (χ4n) is 1.36. The first kappa shape index (κ1) is 11.1. The molecule has 0 aromatic heterocycles. The van der Waals surface area contributed by atoms with Gasteiger partial charge in [-0.15, -0.1) is 0 Å². The van der Waals surface area contributed by atoms with Crippen LogP contribution in [0.2, 0.25) is 0 Å². The number of ether oxygens (including phenoxy) is 2. The van der Waals surface area contributed by atoms with Crippen LogP contribution in [0.25, 0.3) is 0 Å². The van der Waals surface area contributed by atoms with Crippen LogP contribution in [0.5, 0.6) is 0 Å². The van der Waals surface area contributed by atoms with Crippen molar-refractivity contribution in [2.24, 2.45) is 0 Å². The summed E-state index contributed by atoms with van der Waals surface area (Å²) in [6.07, 6.45) is 2.40. The number of carbonyl (C=O) groups excluding carboxylic acids is 1. The Hall–Kier alpha value is -0.990. The maximum atomic E-state index is 11.6. The molecule has 80 valence electrons. The van der Waals surface area contributed by atoms with Crippen molar-refractivity contribution < 1.29 is 14.3 Å². The zero-order valence-electron chi connectivity index (χ0n) is 9.13. The second-order valence-electron chi connectivity index (χ2n) is 3.43. The first-order valence-corrected chi connectivity index (χ1v) is 5.27. The summed E-state index contributed by atoms with van der Waals surface area (Å²) in [5.41, 5.74) is 0. The van der Waals surface area contributed by atoms with E-state index in [1.54, 1.807) is 6.92 Å². The van der Waals surface area contributed by atoms with E-state index in [1.165, 1.54) is 0 Å². The van der Waals surface area contributed by atoms with Gasteiger partial charge in [-0.2, -0.15) is 0 Å². The average molecular weight is 198 g/mol. The normalized spacial score (nSPS) is 21.4. The molecule has 1 rings (SSSR count). The zero-order chi connectivity index (χ0) is 10.6. The third-order valence-corrected chi connectivity index (χ3v) is 2.23. The van der Waals surface area contributed by atoms with E-state index in [0.29, 0.717) is 18.1 Å². The third-order valence-electron chi connectivity index (χ3n) is 2.23. The molecule has 0 bridgehead atoms. The first-order valence-electron chi connectivity index (χ1n) is 5.27. The summed E-state index contributed by atoms with van der Waals surface area (Å²) in [5.74, 6) is 1.14. The van der Waals surface area contributed by atoms with Gasteiger partial charge in [0.15, 0.2) is 6.10 Å². The maximum Gasteiger partial charge on any atom is 0.240 e. The van der Waals surface area contributed by atoms with Crippen molar-refractivity contribution in [2.75, 3.05) is 6.61 Å². The molecule has 3 nitrogen and oxygen atoms in total. The van der Waals surface area contributed by atoms with Gasteiger partial charge in [0.2, 0.25) is 11.5 Å². The Morgan fingerprint density at radius 1 is 1.43 bits per heavy atom. The van der Waals surface area contributed by atoms with E-state index in [-0.39, 0.29) is 11.9 Å². The molecule has 0 aromatic rings. The Morgan fingerprint density at radius 3 is 2.71 bits per heavy atom. The van der Waals surface area contributed by atoms with E-state index in [1.807, 2.05) is 6.92 Å². The maximum absolute atomic E-state index is 11.6. The van der Waals surface area contributed by atoms with Crippen LogP contribution in [-0.4, -0.2) is 18.5 Å². The van der Waals surface area contributed by atoms with Gasteiger partial charge in [-0.3, -0.25) is 4.79 Å². The van der Waals surface area contributed by atoms with Gasteiger partial charge in [-0.25, -0.2) is 0 Å². The molecule has 0 amide bonds. The molecule has 0 saturated carbocycles. The van der Waals surface area contributed by atoms with Crippen molar-refractivity contribution in [2.45, 2.75) is 46.1 Å². The van der Waals surface area contributed by atoms with Crippen LogP contribution >= 0.6 is 0 Å². The number of rotatable bonds is 5. The molecule has 0 N–H and O–H groups in total. The predicted octanol–water partition coefficient (Wildman–Crippen LogP) is 2.41. The number of hydrogen-bond donors (Lipinski definition) is 0. The van der Waals surface area contributed by atoms with Crippen LogP contribution in [0.15, 0.2) is 11.5 Å². The summed E-state index contributed by atoms with van der Waals surface area (Å²) in [6, 6.07) is 0. The number of allylic oxidation sites excluding steroid dienone is 1. The standard InChI is InChI=1S/C11H18O3/c1-4-6-7-13-11-9(5-2)14-8(3)10(11)12/h8H,4-7H2,1-3H3. The van der Waals surface area contributed by atoms with Crippen LogP contribution in [0.4, 0.5) is 0 Å². The minimum absolute atomic E-state index is 0.0158. The van der Waals surface area contributed by atoms with Gasteiger partial charge < -0.3 is 9.47 Å². The number of unbranched alkanes of at least 4 members (excludes halogenated alkanes) is 1. The molecule has 0 aliphatic carbocycles. The van der Waals surface area contributed by atoms with Crippen LogP contribution < -0.4 is 0 Å². The van der Waals surface area contributed by atoms with Gasteiger partial charge in [0.25, 0.3) is 0 Å². The smallest absolute Gasteiger partial charge is 0.240 e. The van der Waals surface area contributed by atoms with Gasteiger partial charge in [0, 0.05) is 6.42 Å². The lowest BCUT2D eigenvalue weighted by molar-refractivity contribution is -0.123. The van der Waals surface area contributed by atoms with Crippen molar-refractivity contribution >= 4 is 5.78 Å². The summed E-state index contributed by atoms with van der Waals surface area (Å²) in [5, 5.41) is 0. The average Bonchev–Trinajstić information content (AvgIpc) is 2.45. The summed E-state index contributed by atoms with van der Waals surface area (Å²) in [7, 11) is 0. The number of ketones is 1. The van der Waals surface area contributed by atoms with Gasteiger partial charge in [-0.1, -0.05) is 20.3 Å². The molecule has 0 radical (unpaired) electrons. The van der Waals surface area contributed by atoms with E-state index in [9.17, 15) is 4.79 Å². The third kappa shape index (κ3) is 2.28.